The molecule has 0 radical (unpaired) electrons. The Kier molecular flexibility index (Phi) is 2.55. The summed E-state index contributed by atoms with van der Waals surface area (Å²) in [5.74, 6) is 1.19. The van der Waals surface area contributed by atoms with E-state index in [0.29, 0.717) is 6.54 Å². The monoisotopic (exact) mass is 205 g/mol. The van der Waals surface area contributed by atoms with Crippen LogP contribution in [0.25, 0.3) is 11.3 Å². The van der Waals surface area contributed by atoms with E-state index in [-0.39, 0.29) is 5.92 Å². The summed E-state index contributed by atoms with van der Waals surface area (Å²) in [6, 6.07) is 0. The molecule has 0 spiro atoms. The summed E-state index contributed by atoms with van der Waals surface area (Å²) < 4.78 is 1.77. The van der Waals surface area contributed by atoms with Gasteiger partial charge in [0.15, 0.2) is 0 Å². The number of nitrogens with one attached hydrogen (secondary N) is 1. The van der Waals surface area contributed by atoms with Gasteiger partial charge in [0.25, 0.3) is 0 Å². The van der Waals surface area contributed by atoms with E-state index in [1.54, 1.807) is 4.68 Å². The molecule has 2 aromatic rings. The van der Waals surface area contributed by atoms with Gasteiger partial charge < -0.3 is 10.7 Å². The van der Waals surface area contributed by atoms with Crippen molar-refractivity contribution in [2.45, 2.75) is 12.8 Å². The van der Waals surface area contributed by atoms with Crippen LogP contribution in [0.5, 0.6) is 0 Å². The zero-order valence-corrected chi connectivity index (χ0v) is 8.94. The van der Waals surface area contributed by atoms with Crippen molar-refractivity contribution in [3.63, 3.8) is 0 Å². The molecule has 0 aliphatic rings. The second kappa shape index (κ2) is 3.86. The number of nitrogens with zero attached hydrogens (tertiary/aromatic N) is 3. The van der Waals surface area contributed by atoms with Crippen LogP contribution in [0.2, 0.25) is 0 Å². The molecule has 2 aromatic heterocycles. The molecular weight excluding hydrogens is 190 g/mol. The summed E-state index contributed by atoms with van der Waals surface area (Å²) in [6.07, 6.45) is 5.58. The van der Waals surface area contributed by atoms with Crippen LogP contribution in [0.15, 0.2) is 18.6 Å². The van der Waals surface area contributed by atoms with Crippen molar-refractivity contribution in [1.82, 2.24) is 19.7 Å². The fourth-order valence-electron chi connectivity index (χ4n) is 1.41. The van der Waals surface area contributed by atoms with E-state index in [9.17, 15) is 0 Å². The highest BCUT2D eigenvalue weighted by Crippen LogP contribution is 2.18. The number of aromatic nitrogens is 4. The maximum Gasteiger partial charge on any atom is 0.110 e. The molecule has 0 saturated carbocycles. The van der Waals surface area contributed by atoms with Gasteiger partial charge in [-0.15, -0.1) is 0 Å². The number of imidazole rings is 1. The average Bonchev–Trinajstić information content (AvgIpc) is 2.84. The molecule has 2 rings (SSSR count). The van der Waals surface area contributed by atoms with Crippen LogP contribution in [0.1, 0.15) is 18.7 Å². The first-order valence-electron chi connectivity index (χ1n) is 4.94. The van der Waals surface area contributed by atoms with Crippen molar-refractivity contribution in [1.29, 1.82) is 0 Å². The van der Waals surface area contributed by atoms with E-state index < -0.39 is 0 Å². The van der Waals surface area contributed by atoms with E-state index in [1.165, 1.54) is 0 Å². The Morgan fingerprint density at radius 1 is 1.53 bits per heavy atom. The van der Waals surface area contributed by atoms with E-state index in [1.807, 2.05) is 32.6 Å². The number of hydrogen-bond donors (Lipinski definition) is 2. The van der Waals surface area contributed by atoms with Crippen molar-refractivity contribution in [3.8, 4) is 11.3 Å². The minimum Gasteiger partial charge on any atom is -0.342 e. The van der Waals surface area contributed by atoms with Gasteiger partial charge in [-0.25, -0.2) is 4.98 Å². The van der Waals surface area contributed by atoms with Crippen molar-refractivity contribution in [2.24, 2.45) is 12.8 Å². The largest absolute Gasteiger partial charge is 0.342 e. The molecule has 80 valence electrons. The number of hydrogen-bond acceptors (Lipinski definition) is 3. The lowest BCUT2D eigenvalue weighted by molar-refractivity contribution is 0.725. The van der Waals surface area contributed by atoms with Crippen LogP contribution < -0.4 is 5.73 Å². The number of rotatable bonds is 3. The zero-order chi connectivity index (χ0) is 10.8. The van der Waals surface area contributed by atoms with Gasteiger partial charge in [-0.3, -0.25) is 4.68 Å². The molecule has 5 nitrogen and oxygen atoms in total. The van der Waals surface area contributed by atoms with Crippen LogP contribution in [0.3, 0.4) is 0 Å². The lowest BCUT2D eigenvalue weighted by Crippen LogP contribution is -2.10. The van der Waals surface area contributed by atoms with Crippen LogP contribution in [-0.4, -0.2) is 26.3 Å². The van der Waals surface area contributed by atoms with E-state index in [0.717, 1.165) is 17.1 Å². The smallest absolute Gasteiger partial charge is 0.110 e. The SMILES string of the molecule is CC(CN)c1ncc(-c2cnn(C)c2)[nH]1. The molecule has 15 heavy (non-hydrogen) atoms. The average molecular weight is 205 g/mol. The minimum absolute atomic E-state index is 0.260. The highest BCUT2D eigenvalue weighted by molar-refractivity contribution is 5.56. The normalized spacial score (nSPS) is 13.0. The topological polar surface area (TPSA) is 72.5 Å². The van der Waals surface area contributed by atoms with E-state index >= 15 is 0 Å². The number of aryl methyl sites for hydroxylation is 1. The summed E-state index contributed by atoms with van der Waals surface area (Å²) in [4.78, 5) is 7.55. The first-order chi connectivity index (χ1) is 7.20. The molecule has 3 N–H and O–H groups in total. The Bertz CT molecular complexity index is 442. The molecule has 1 atom stereocenters. The Morgan fingerprint density at radius 3 is 2.93 bits per heavy atom. The first-order valence-corrected chi connectivity index (χ1v) is 4.94. The summed E-state index contributed by atoms with van der Waals surface area (Å²) in [5.41, 5.74) is 7.61. The van der Waals surface area contributed by atoms with Gasteiger partial charge in [-0.2, -0.15) is 5.10 Å². The molecule has 0 bridgehead atoms. The predicted molar refractivity (Wildman–Crippen MR) is 58.3 cm³/mol. The van der Waals surface area contributed by atoms with Gasteiger partial charge >= 0.3 is 0 Å². The molecule has 0 aromatic carbocycles. The standard InChI is InChI=1S/C10H15N5/c1-7(3-11)10-12-5-9(14-10)8-4-13-15(2)6-8/h4-7H,3,11H2,1-2H3,(H,12,14). The van der Waals surface area contributed by atoms with Crippen LogP contribution >= 0.6 is 0 Å². The Balaban J connectivity index is 2.27. The summed E-state index contributed by atoms with van der Waals surface area (Å²) >= 11 is 0. The number of aromatic amines is 1. The fraction of sp³-hybridized carbons (Fsp3) is 0.400. The highest BCUT2D eigenvalue weighted by Gasteiger charge is 2.09. The highest BCUT2D eigenvalue weighted by atomic mass is 15.2. The molecule has 1 unspecified atom stereocenters. The third kappa shape index (κ3) is 1.92. The Labute approximate surface area is 88.3 Å². The quantitative estimate of drug-likeness (QED) is 0.781. The second-order valence-corrected chi connectivity index (χ2v) is 3.72. The molecule has 0 aliphatic carbocycles. The van der Waals surface area contributed by atoms with Gasteiger partial charge in [0.1, 0.15) is 5.82 Å². The Hall–Kier alpha value is -1.62. The molecule has 5 heteroatoms. The second-order valence-electron chi connectivity index (χ2n) is 3.72. The molecule has 0 amide bonds. The van der Waals surface area contributed by atoms with Gasteiger partial charge in [0, 0.05) is 31.3 Å². The van der Waals surface area contributed by atoms with Crippen molar-refractivity contribution in [2.75, 3.05) is 6.54 Å². The summed E-state index contributed by atoms with van der Waals surface area (Å²) in [5, 5.41) is 4.11. The van der Waals surface area contributed by atoms with Gasteiger partial charge in [-0.1, -0.05) is 6.92 Å². The summed E-state index contributed by atoms with van der Waals surface area (Å²) in [7, 11) is 1.89. The van der Waals surface area contributed by atoms with Crippen molar-refractivity contribution in [3.05, 3.63) is 24.4 Å². The fourth-order valence-corrected chi connectivity index (χ4v) is 1.41. The minimum atomic E-state index is 0.260. The van der Waals surface area contributed by atoms with Crippen LogP contribution in [0, 0.1) is 0 Å². The molecular formula is C10H15N5. The molecule has 2 heterocycles. The van der Waals surface area contributed by atoms with Crippen molar-refractivity contribution < 1.29 is 0 Å². The van der Waals surface area contributed by atoms with Crippen LogP contribution in [-0.2, 0) is 7.05 Å². The van der Waals surface area contributed by atoms with E-state index in [4.69, 9.17) is 5.73 Å². The van der Waals surface area contributed by atoms with Gasteiger partial charge in [0.2, 0.25) is 0 Å². The summed E-state index contributed by atoms with van der Waals surface area (Å²) in [6.45, 7) is 2.64. The molecule has 0 fully saturated rings. The first kappa shape index (κ1) is 9.92. The van der Waals surface area contributed by atoms with Crippen molar-refractivity contribution >= 4 is 0 Å². The lowest BCUT2D eigenvalue weighted by atomic mass is 10.2. The van der Waals surface area contributed by atoms with Gasteiger partial charge in [0.05, 0.1) is 18.1 Å². The number of nitrogens with two attached hydrogens (primary N) is 1. The third-order valence-corrected chi connectivity index (χ3v) is 2.43. The lowest BCUT2D eigenvalue weighted by Gasteiger charge is -2.02. The molecule has 0 saturated heterocycles. The predicted octanol–water partition coefficient (Wildman–Crippen LogP) is 0.872. The molecule has 0 aliphatic heterocycles. The number of H-pyrrole nitrogens is 1. The van der Waals surface area contributed by atoms with Gasteiger partial charge in [-0.05, 0) is 0 Å². The zero-order valence-electron chi connectivity index (χ0n) is 8.94. The maximum atomic E-state index is 5.58. The van der Waals surface area contributed by atoms with Crippen LogP contribution in [0.4, 0.5) is 0 Å². The van der Waals surface area contributed by atoms with E-state index in [2.05, 4.69) is 15.1 Å². The maximum absolute atomic E-state index is 5.58. The Morgan fingerprint density at radius 2 is 2.33 bits per heavy atom. The third-order valence-electron chi connectivity index (χ3n) is 2.43.